The summed E-state index contributed by atoms with van der Waals surface area (Å²) in [5, 5.41) is 20.9. The molecule has 0 aliphatic carbocycles. The quantitative estimate of drug-likeness (QED) is 0.199. The number of carboxylic acids is 1. The first-order valence-corrected chi connectivity index (χ1v) is 12.3. The molecule has 0 aliphatic rings. The zero-order valence-electron chi connectivity index (χ0n) is 21.2. The molecular weight excluding hydrogens is 517 g/mol. The number of nitrogens with zero attached hydrogens (tertiary/aromatic N) is 2. The summed E-state index contributed by atoms with van der Waals surface area (Å²) in [6.07, 6.45) is -1.06. The molecule has 2 aromatic carbocycles. The summed E-state index contributed by atoms with van der Waals surface area (Å²) in [5.41, 5.74) is 2.21. The van der Waals surface area contributed by atoms with E-state index >= 15 is 0 Å². The Labute approximate surface area is 222 Å². The van der Waals surface area contributed by atoms with Crippen molar-refractivity contribution in [2.75, 3.05) is 0 Å². The Morgan fingerprint density at radius 3 is 2.23 bits per heavy atom. The third-order valence-electron chi connectivity index (χ3n) is 6.12. The number of amides is 2. The highest BCUT2D eigenvalue weighted by atomic mass is 19.4. The second-order valence-electron chi connectivity index (χ2n) is 9.06. The lowest BCUT2D eigenvalue weighted by Gasteiger charge is -2.19. The lowest BCUT2D eigenvalue weighted by Crippen LogP contribution is -2.41. The summed E-state index contributed by atoms with van der Waals surface area (Å²) in [6, 6.07) is 9.76. The van der Waals surface area contributed by atoms with Crippen molar-refractivity contribution in [1.82, 2.24) is 20.3 Å². The molecule has 3 aromatic rings. The number of aromatic carboxylic acids is 1. The minimum atomic E-state index is -4.50. The first-order chi connectivity index (χ1) is 18.5. The maximum Gasteiger partial charge on any atom is 0.416 e. The predicted molar refractivity (Wildman–Crippen MR) is 134 cm³/mol. The van der Waals surface area contributed by atoms with Crippen molar-refractivity contribution < 1.29 is 37.9 Å². The highest BCUT2D eigenvalue weighted by Crippen LogP contribution is 2.29. The first kappa shape index (κ1) is 29.4. The molecule has 0 spiro atoms. The van der Waals surface area contributed by atoms with Crippen molar-refractivity contribution in [3.8, 4) is 0 Å². The molecule has 0 bridgehead atoms. The number of halogens is 3. The van der Waals surface area contributed by atoms with Crippen LogP contribution in [-0.2, 0) is 30.4 Å². The molecule has 0 saturated carbocycles. The van der Waals surface area contributed by atoms with Crippen molar-refractivity contribution in [2.45, 2.75) is 57.8 Å². The van der Waals surface area contributed by atoms with Crippen molar-refractivity contribution in [3.05, 3.63) is 88.5 Å². The molecule has 12 heteroatoms. The number of benzene rings is 2. The number of hydrogen-bond donors (Lipinski definition) is 4. The summed E-state index contributed by atoms with van der Waals surface area (Å²) >= 11 is 0. The van der Waals surface area contributed by atoms with Gasteiger partial charge in [0, 0.05) is 25.4 Å². The smallest absolute Gasteiger partial charge is 0.416 e. The maximum atomic E-state index is 13.3. The lowest BCUT2D eigenvalue weighted by molar-refractivity contribution is -0.137. The number of hydrogen-bond acceptors (Lipinski definition) is 5. The molecule has 1 unspecified atom stereocenters. The molecular formula is C27H29F3N4O5. The van der Waals surface area contributed by atoms with E-state index < -0.39 is 35.6 Å². The number of aryl methyl sites for hydroxylation is 1. The third kappa shape index (κ3) is 8.14. The topological polar surface area (TPSA) is 134 Å². The number of aromatic nitrogens is 2. The predicted octanol–water partition coefficient (Wildman–Crippen LogP) is 4.23. The van der Waals surface area contributed by atoms with E-state index in [0.717, 1.165) is 30.5 Å². The molecule has 208 valence electrons. The third-order valence-corrected chi connectivity index (χ3v) is 6.12. The Hall–Kier alpha value is -4.19. The van der Waals surface area contributed by atoms with Gasteiger partial charge in [0.25, 0.3) is 5.91 Å². The molecule has 9 nitrogen and oxygen atoms in total. The van der Waals surface area contributed by atoms with Crippen molar-refractivity contribution in [1.29, 1.82) is 0 Å². The highest BCUT2D eigenvalue weighted by Gasteiger charge is 2.30. The number of rotatable bonds is 12. The second-order valence-corrected chi connectivity index (χ2v) is 9.06. The zero-order chi connectivity index (χ0) is 28.6. The molecule has 2 amide bonds. The molecule has 0 aliphatic heterocycles. The Morgan fingerprint density at radius 2 is 1.67 bits per heavy atom. The van der Waals surface area contributed by atoms with Crippen molar-refractivity contribution >= 4 is 17.8 Å². The van der Waals surface area contributed by atoms with Gasteiger partial charge in [-0.05, 0) is 48.2 Å². The monoisotopic (exact) mass is 546 g/mol. The number of carbonyl (C=O) groups is 3. The zero-order valence-corrected chi connectivity index (χ0v) is 21.2. The molecule has 3 rings (SSSR count). The van der Waals surface area contributed by atoms with Crippen LogP contribution in [0.5, 0.6) is 0 Å². The number of nitrogens with one attached hydrogen (secondary N) is 2. The van der Waals surface area contributed by atoms with Gasteiger partial charge in [-0.2, -0.15) is 13.2 Å². The Balaban J connectivity index is 1.85. The van der Waals surface area contributed by atoms with Crippen molar-refractivity contribution in [3.63, 3.8) is 0 Å². The second kappa shape index (κ2) is 13.1. The molecule has 1 heterocycles. The van der Waals surface area contributed by atoms with E-state index in [1.165, 1.54) is 35.9 Å². The van der Waals surface area contributed by atoms with Crippen LogP contribution < -0.4 is 10.8 Å². The number of carbonyl (C=O) groups excluding carboxylic acids is 2. The molecule has 4 N–H and O–H groups in total. The van der Waals surface area contributed by atoms with Crippen LogP contribution in [0.25, 0.3) is 0 Å². The van der Waals surface area contributed by atoms with Crippen LogP contribution in [-0.4, -0.2) is 43.7 Å². The van der Waals surface area contributed by atoms with E-state index in [-0.39, 0.29) is 30.6 Å². The fourth-order valence-corrected chi connectivity index (χ4v) is 4.06. The van der Waals surface area contributed by atoms with Crippen LogP contribution in [0.3, 0.4) is 0 Å². The van der Waals surface area contributed by atoms with Gasteiger partial charge in [-0.1, -0.05) is 37.6 Å². The van der Waals surface area contributed by atoms with Gasteiger partial charge in [-0.3, -0.25) is 14.8 Å². The minimum absolute atomic E-state index is 0.0325. The maximum absolute atomic E-state index is 13.3. The Kier molecular flexibility index (Phi) is 9.83. The van der Waals surface area contributed by atoms with Gasteiger partial charge in [0.2, 0.25) is 5.91 Å². The molecule has 1 atom stereocenters. The number of alkyl halides is 3. The number of hydroxylamine groups is 1. The van der Waals surface area contributed by atoms with Crippen LogP contribution >= 0.6 is 0 Å². The SMILES string of the molecule is CCCCc1ncc(C(=O)NC(CC(=O)NO)Cc2ccc(C(F)(F)F)cc2)n1Cc1ccc(C(=O)O)cc1. The minimum Gasteiger partial charge on any atom is -0.478 e. The summed E-state index contributed by atoms with van der Waals surface area (Å²) in [7, 11) is 0. The normalized spacial score (nSPS) is 12.1. The molecule has 39 heavy (non-hydrogen) atoms. The standard InChI is InChI=1S/C27H29F3N4O5/c1-2-3-4-23-31-15-22(34(23)16-18-5-9-19(10-6-18)26(37)38)25(36)32-21(14-24(35)33-39)13-17-7-11-20(12-8-17)27(28,29)30/h5-12,15,21,39H,2-4,13-14,16H2,1H3,(H,32,36)(H,33,35)(H,37,38). The average Bonchev–Trinajstić information content (AvgIpc) is 3.29. The van der Waals surface area contributed by atoms with E-state index in [1.54, 1.807) is 16.7 Å². The van der Waals surface area contributed by atoms with Crippen LogP contribution in [0.1, 0.15) is 69.5 Å². The average molecular weight is 547 g/mol. The van der Waals surface area contributed by atoms with Gasteiger partial charge in [0.05, 0.1) is 17.3 Å². The summed E-state index contributed by atoms with van der Waals surface area (Å²) in [6.45, 7) is 2.26. The fraction of sp³-hybridized carbons (Fsp3) is 0.333. The number of unbranched alkanes of at least 4 members (excludes halogenated alkanes) is 1. The van der Waals surface area contributed by atoms with Crippen LogP contribution in [0, 0.1) is 0 Å². The van der Waals surface area contributed by atoms with E-state index in [4.69, 9.17) is 10.3 Å². The van der Waals surface area contributed by atoms with E-state index in [1.807, 2.05) is 6.92 Å². The highest BCUT2D eigenvalue weighted by molar-refractivity contribution is 5.93. The molecule has 1 aromatic heterocycles. The van der Waals surface area contributed by atoms with Gasteiger partial charge >= 0.3 is 12.1 Å². The number of carboxylic acid groups (broad SMARTS) is 1. The number of imidazole rings is 1. The molecule has 0 fully saturated rings. The Bertz CT molecular complexity index is 1290. The van der Waals surface area contributed by atoms with E-state index in [2.05, 4.69) is 10.3 Å². The Morgan fingerprint density at radius 1 is 1.03 bits per heavy atom. The van der Waals surface area contributed by atoms with Gasteiger partial charge in [-0.15, -0.1) is 0 Å². The van der Waals surface area contributed by atoms with Gasteiger partial charge in [0.15, 0.2) is 0 Å². The van der Waals surface area contributed by atoms with E-state index in [0.29, 0.717) is 17.8 Å². The van der Waals surface area contributed by atoms with Crippen LogP contribution in [0.15, 0.2) is 54.7 Å². The summed E-state index contributed by atoms with van der Waals surface area (Å²) in [4.78, 5) is 40.8. The summed E-state index contributed by atoms with van der Waals surface area (Å²) < 4.78 is 40.5. The van der Waals surface area contributed by atoms with E-state index in [9.17, 15) is 27.6 Å². The molecule has 0 radical (unpaired) electrons. The molecule has 0 saturated heterocycles. The first-order valence-electron chi connectivity index (χ1n) is 12.3. The van der Waals surface area contributed by atoms with Crippen molar-refractivity contribution in [2.24, 2.45) is 0 Å². The van der Waals surface area contributed by atoms with Gasteiger partial charge in [-0.25, -0.2) is 15.3 Å². The van der Waals surface area contributed by atoms with Crippen LogP contribution in [0.4, 0.5) is 13.2 Å². The summed E-state index contributed by atoms with van der Waals surface area (Å²) in [5.74, 6) is -1.74. The van der Waals surface area contributed by atoms with Crippen LogP contribution in [0.2, 0.25) is 0 Å². The van der Waals surface area contributed by atoms with Gasteiger partial charge in [0.1, 0.15) is 11.5 Å². The lowest BCUT2D eigenvalue weighted by atomic mass is 10.0. The fourth-order valence-electron chi connectivity index (χ4n) is 4.06. The largest absolute Gasteiger partial charge is 0.478 e. The van der Waals surface area contributed by atoms with Gasteiger partial charge < -0.3 is 15.0 Å².